The van der Waals surface area contributed by atoms with Crippen LogP contribution in [0.1, 0.15) is 17.2 Å². The van der Waals surface area contributed by atoms with Gasteiger partial charge >= 0.3 is 0 Å². The third-order valence-electron chi connectivity index (χ3n) is 11.6. The SMILES string of the molecule is C1=CC2=C(NC(c3ccccc3)C=C2)C2NC(c3ccc(-c4cccc5c4ccc4nc(-c6ccccc6)cc(-c6ccccc6)c45)c4ccccc34)=CC=C12. The lowest BCUT2D eigenvalue weighted by Crippen LogP contribution is -2.42. The number of nitrogens with one attached hydrogen (secondary N) is 2. The van der Waals surface area contributed by atoms with Crippen molar-refractivity contribution in [2.24, 2.45) is 0 Å². The zero-order valence-corrected chi connectivity index (χ0v) is 30.7. The minimum absolute atomic E-state index is 0.0331. The second-order valence-electron chi connectivity index (χ2n) is 14.8. The lowest BCUT2D eigenvalue weighted by Gasteiger charge is -2.36. The predicted octanol–water partition coefficient (Wildman–Crippen LogP) is 12.5. The van der Waals surface area contributed by atoms with E-state index in [-0.39, 0.29) is 12.1 Å². The minimum Gasteiger partial charge on any atom is -0.376 e. The van der Waals surface area contributed by atoms with E-state index in [4.69, 9.17) is 4.98 Å². The third-order valence-corrected chi connectivity index (χ3v) is 11.6. The summed E-state index contributed by atoms with van der Waals surface area (Å²) in [7, 11) is 0. The summed E-state index contributed by atoms with van der Waals surface area (Å²) in [4.78, 5) is 5.24. The highest BCUT2D eigenvalue weighted by Gasteiger charge is 2.30. The van der Waals surface area contributed by atoms with Gasteiger partial charge in [0.15, 0.2) is 0 Å². The van der Waals surface area contributed by atoms with E-state index in [1.807, 2.05) is 0 Å². The van der Waals surface area contributed by atoms with Gasteiger partial charge in [0.1, 0.15) is 0 Å². The van der Waals surface area contributed by atoms with Crippen molar-refractivity contribution in [3.05, 3.63) is 228 Å². The average molecular weight is 716 g/mol. The van der Waals surface area contributed by atoms with E-state index in [1.54, 1.807) is 0 Å². The number of hydrogen-bond acceptors (Lipinski definition) is 3. The van der Waals surface area contributed by atoms with E-state index in [0.29, 0.717) is 0 Å². The van der Waals surface area contributed by atoms with Crippen molar-refractivity contribution in [1.29, 1.82) is 0 Å². The van der Waals surface area contributed by atoms with Crippen LogP contribution >= 0.6 is 0 Å². The number of aromatic nitrogens is 1. The van der Waals surface area contributed by atoms with Gasteiger partial charge in [0.25, 0.3) is 0 Å². The topological polar surface area (TPSA) is 37.0 Å². The second kappa shape index (κ2) is 13.3. The van der Waals surface area contributed by atoms with E-state index in [0.717, 1.165) is 22.5 Å². The van der Waals surface area contributed by atoms with Crippen LogP contribution in [0.15, 0.2) is 217 Å². The minimum atomic E-state index is 0.0331. The van der Waals surface area contributed by atoms with E-state index in [2.05, 4.69) is 211 Å². The van der Waals surface area contributed by atoms with Crippen LogP contribution in [0.4, 0.5) is 0 Å². The highest BCUT2D eigenvalue weighted by atomic mass is 15.0. The molecular weight excluding hydrogens is 679 g/mol. The molecule has 2 aliphatic heterocycles. The van der Waals surface area contributed by atoms with E-state index in [9.17, 15) is 0 Å². The fourth-order valence-corrected chi connectivity index (χ4v) is 8.85. The molecule has 0 bridgehead atoms. The Morgan fingerprint density at radius 1 is 0.464 bits per heavy atom. The number of pyridine rings is 1. The highest BCUT2D eigenvalue weighted by molar-refractivity contribution is 6.18. The van der Waals surface area contributed by atoms with Crippen LogP contribution in [0.5, 0.6) is 0 Å². The summed E-state index contributed by atoms with van der Waals surface area (Å²) in [6.07, 6.45) is 13.5. The number of dihydropyridines is 2. The summed E-state index contributed by atoms with van der Waals surface area (Å²) >= 11 is 0. The Balaban J connectivity index is 1.02. The molecule has 11 rings (SSSR count). The largest absolute Gasteiger partial charge is 0.376 e. The molecule has 3 heterocycles. The molecule has 0 spiro atoms. The molecule has 3 heteroatoms. The van der Waals surface area contributed by atoms with Gasteiger partial charge in [-0.05, 0) is 78.7 Å². The molecule has 264 valence electrons. The third kappa shape index (κ3) is 5.39. The molecule has 3 nitrogen and oxygen atoms in total. The second-order valence-corrected chi connectivity index (χ2v) is 14.8. The lowest BCUT2D eigenvalue weighted by atomic mass is 9.86. The fraction of sp³-hybridized carbons (Fsp3) is 0.0377. The average Bonchev–Trinajstić information content (AvgIpc) is 3.28. The Hall–Kier alpha value is -7.23. The molecule has 0 radical (unpaired) electrons. The van der Waals surface area contributed by atoms with E-state index < -0.39 is 0 Å². The number of fused-ring (bicyclic) bond motifs is 6. The Kier molecular flexibility index (Phi) is 7.63. The zero-order valence-electron chi connectivity index (χ0n) is 30.7. The summed E-state index contributed by atoms with van der Waals surface area (Å²) in [5, 5.41) is 13.9. The molecule has 2 unspecified atom stereocenters. The molecule has 2 N–H and O–H groups in total. The molecule has 1 aliphatic carbocycles. The molecule has 0 saturated heterocycles. The Bertz CT molecular complexity index is 3010. The van der Waals surface area contributed by atoms with E-state index >= 15 is 0 Å². The van der Waals surface area contributed by atoms with Crippen molar-refractivity contribution in [3.63, 3.8) is 0 Å². The first-order valence-corrected chi connectivity index (χ1v) is 19.4. The van der Waals surface area contributed by atoms with Crippen LogP contribution in [0.2, 0.25) is 0 Å². The van der Waals surface area contributed by atoms with Crippen molar-refractivity contribution in [1.82, 2.24) is 15.6 Å². The molecule has 0 amide bonds. The Morgan fingerprint density at radius 2 is 1.12 bits per heavy atom. The predicted molar refractivity (Wildman–Crippen MR) is 234 cm³/mol. The van der Waals surface area contributed by atoms with Gasteiger partial charge in [0.2, 0.25) is 0 Å². The van der Waals surface area contributed by atoms with Crippen LogP contribution in [-0.2, 0) is 0 Å². The first-order valence-electron chi connectivity index (χ1n) is 19.4. The van der Waals surface area contributed by atoms with Gasteiger partial charge in [-0.25, -0.2) is 4.98 Å². The summed E-state index contributed by atoms with van der Waals surface area (Å²) < 4.78 is 0. The normalized spacial score (nSPS) is 17.2. The van der Waals surface area contributed by atoms with Gasteiger partial charge in [-0.3, -0.25) is 0 Å². The van der Waals surface area contributed by atoms with Crippen molar-refractivity contribution in [2.75, 3.05) is 0 Å². The smallest absolute Gasteiger partial charge is 0.0920 e. The molecule has 2 atom stereocenters. The summed E-state index contributed by atoms with van der Waals surface area (Å²) in [6, 6.07) is 58.9. The van der Waals surface area contributed by atoms with Crippen molar-refractivity contribution in [2.45, 2.75) is 12.1 Å². The first-order chi connectivity index (χ1) is 27.8. The maximum absolute atomic E-state index is 5.24. The van der Waals surface area contributed by atoms with Gasteiger partial charge in [0.05, 0.1) is 23.3 Å². The van der Waals surface area contributed by atoms with Crippen molar-refractivity contribution >= 4 is 38.1 Å². The van der Waals surface area contributed by atoms with Crippen LogP contribution in [0.3, 0.4) is 0 Å². The number of hydrogen-bond donors (Lipinski definition) is 2. The van der Waals surface area contributed by atoms with Crippen LogP contribution < -0.4 is 10.6 Å². The van der Waals surface area contributed by atoms with Gasteiger partial charge in [0, 0.05) is 27.9 Å². The molecule has 8 aromatic rings. The monoisotopic (exact) mass is 715 g/mol. The standard InChI is InChI=1S/C53H37N3/c1-4-13-34(14-5-1)46-33-50(36-17-8-3-9-18-36)54-49-32-29-43-40(21-12-22-45(43)51(46)49)42-27-28-44(41-20-11-10-19-39(41)42)48-31-26-38-24-23-37-25-30-47(35-15-6-2-7-16-35)55-52(37)53(38)56-48/h1-33,47,53,55-56H. The molecule has 0 fully saturated rings. The van der Waals surface area contributed by atoms with Crippen LogP contribution in [0.25, 0.3) is 71.7 Å². The van der Waals surface area contributed by atoms with Gasteiger partial charge in [-0.1, -0.05) is 182 Å². The number of rotatable bonds is 5. The summed E-state index contributed by atoms with van der Waals surface area (Å²) in [6.45, 7) is 0. The number of nitrogens with zero attached hydrogens (tertiary/aromatic N) is 1. The maximum atomic E-state index is 5.24. The van der Waals surface area contributed by atoms with Gasteiger partial charge < -0.3 is 10.6 Å². The van der Waals surface area contributed by atoms with Crippen LogP contribution in [-0.4, -0.2) is 11.0 Å². The van der Waals surface area contributed by atoms with Crippen molar-refractivity contribution < 1.29 is 0 Å². The molecule has 7 aromatic carbocycles. The van der Waals surface area contributed by atoms with Gasteiger partial charge in [-0.15, -0.1) is 0 Å². The maximum Gasteiger partial charge on any atom is 0.0920 e. The van der Waals surface area contributed by atoms with E-state index in [1.165, 1.54) is 77.2 Å². The lowest BCUT2D eigenvalue weighted by molar-refractivity contribution is 0.613. The molecular formula is C53H37N3. The van der Waals surface area contributed by atoms with Crippen LogP contribution in [0, 0.1) is 0 Å². The number of benzene rings is 7. The molecule has 1 aromatic heterocycles. The van der Waals surface area contributed by atoms with Gasteiger partial charge in [-0.2, -0.15) is 0 Å². The first kappa shape index (κ1) is 32.2. The van der Waals surface area contributed by atoms with Crippen molar-refractivity contribution in [3.8, 4) is 33.5 Å². The Morgan fingerprint density at radius 3 is 1.93 bits per heavy atom. The fourth-order valence-electron chi connectivity index (χ4n) is 8.85. The number of allylic oxidation sites excluding steroid dienone is 5. The molecule has 56 heavy (non-hydrogen) atoms. The molecule has 3 aliphatic rings. The quantitative estimate of drug-likeness (QED) is 0.174. The summed E-state index contributed by atoms with van der Waals surface area (Å²) in [5.41, 5.74) is 15.1. The Labute approximate surface area is 326 Å². The highest BCUT2D eigenvalue weighted by Crippen LogP contribution is 2.42. The summed E-state index contributed by atoms with van der Waals surface area (Å²) in [5.74, 6) is 0. The zero-order chi connectivity index (χ0) is 37.0. The molecule has 0 saturated carbocycles.